The summed E-state index contributed by atoms with van der Waals surface area (Å²) in [5, 5.41) is 12.0. The molecule has 0 aliphatic carbocycles. The summed E-state index contributed by atoms with van der Waals surface area (Å²) < 4.78 is 25.3. The molecule has 1 aromatic heterocycles. The number of benzene rings is 3. The first-order valence-electron chi connectivity index (χ1n) is 16.4. The molecule has 0 bridgehead atoms. The number of hydrogen-bond acceptors (Lipinski definition) is 10. The molecule has 0 spiro atoms. The van der Waals surface area contributed by atoms with Crippen LogP contribution in [0.5, 0.6) is 5.75 Å². The molecule has 4 aromatic rings. The van der Waals surface area contributed by atoms with Gasteiger partial charge in [-0.15, -0.1) is 0 Å². The number of unbranched alkanes of at least 4 members (excludes halogenated alkanes) is 1. The van der Waals surface area contributed by atoms with Gasteiger partial charge in [-0.2, -0.15) is 4.98 Å². The normalized spacial score (nSPS) is 14.5. The van der Waals surface area contributed by atoms with Gasteiger partial charge in [0.15, 0.2) is 11.6 Å². The summed E-state index contributed by atoms with van der Waals surface area (Å²) in [5.74, 6) is 0.00306. The Bertz CT molecular complexity index is 1690. The van der Waals surface area contributed by atoms with Crippen LogP contribution in [0.25, 0.3) is 0 Å². The van der Waals surface area contributed by atoms with Crippen LogP contribution in [0, 0.1) is 11.7 Å². The number of ether oxygens (including phenoxy) is 2. The van der Waals surface area contributed by atoms with Gasteiger partial charge in [0, 0.05) is 37.1 Å². The zero-order valence-corrected chi connectivity index (χ0v) is 27.6. The molecule has 2 heterocycles. The predicted octanol–water partition coefficient (Wildman–Crippen LogP) is 6.17. The highest BCUT2D eigenvalue weighted by Crippen LogP contribution is 2.25. The van der Waals surface area contributed by atoms with Crippen LogP contribution in [0.2, 0.25) is 0 Å². The standard InChI is InChI=1S/C36H43FN8O4/c1-48-20-21-49-29-16-14-26(15-17-29)42-36-39-23-30(37)34(44-36)40-27-9-6-10-28(22-27)41-35(47)25-8-7-19-45(24-25)18-5-4-13-33(46)43-32-12-3-2-11-31(32)38/h2-3,6,9-12,14-17,22-23,25H,4-5,7-8,13,18-21,24,38H2,1H3,(H,41,47)(H,43,46)(H2,39,40,42,44). The predicted molar refractivity (Wildman–Crippen MR) is 190 cm³/mol. The topological polar surface area (TPSA) is 156 Å². The van der Waals surface area contributed by atoms with Gasteiger partial charge in [0.25, 0.3) is 0 Å². The molecule has 49 heavy (non-hydrogen) atoms. The lowest BCUT2D eigenvalue weighted by Gasteiger charge is -2.32. The number of piperidine rings is 1. The second kappa shape index (κ2) is 17.8. The van der Waals surface area contributed by atoms with Crippen LogP contribution < -0.4 is 31.7 Å². The third kappa shape index (κ3) is 10.9. The Balaban J connectivity index is 1.08. The highest BCUT2D eigenvalue weighted by Gasteiger charge is 2.25. The van der Waals surface area contributed by atoms with E-state index in [9.17, 15) is 14.0 Å². The molecule has 1 aliphatic rings. The van der Waals surface area contributed by atoms with E-state index >= 15 is 0 Å². The molecular formula is C36H43FN8O4. The molecule has 1 atom stereocenters. The third-order valence-electron chi connectivity index (χ3n) is 8.04. The van der Waals surface area contributed by atoms with E-state index in [1.807, 2.05) is 24.3 Å². The molecule has 0 radical (unpaired) electrons. The number of nitrogen functional groups attached to an aromatic ring is 1. The Kier molecular flexibility index (Phi) is 12.7. The number of nitrogens with two attached hydrogens (primary N) is 1. The van der Waals surface area contributed by atoms with Crippen LogP contribution in [0.1, 0.15) is 32.1 Å². The van der Waals surface area contributed by atoms with E-state index in [4.69, 9.17) is 15.2 Å². The number of aromatic nitrogens is 2. The van der Waals surface area contributed by atoms with Crippen molar-refractivity contribution in [3.63, 3.8) is 0 Å². The van der Waals surface area contributed by atoms with Crippen molar-refractivity contribution in [2.24, 2.45) is 5.92 Å². The molecule has 13 heteroatoms. The third-order valence-corrected chi connectivity index (χ3v) is 8.04. The number of para-hydroxylation sites is 2. The van der Waals surface area contributed by atoms with Gasteiger partial charge in [0.2, 0.25) is 17.8 Å². The zero-order valence-electron chi connectivity index (χ0n) is 27.6. The van der Waals surface area contributed by atoms with Crippen molar-refractivity contribution in [2.45, 2.75) is 32.1 Å². The van der Waals surface area contributed by atoms with E-state index in [0.29, 0.717) is 60.4 Å². The average Bonchev–Trinajstić information content (AvgIpc) is 3.10. The van der Waals surface area contributed by atoms with Crippen LogP contribution >= 0.6 is 0 Å². The highest BCUT2D eigenvalue weighted by molar-refractivity contribution is 5.94. The fourth-order valence-corrected chi connectivity index (χ4v) is 5.49. The molecule has 1 fully saturated rings. The van der Waals surface area contributed by atoms with Crippen molar-refractivity contribution in [1.82, 2.24) is 14.9 Å². The average molecular weight is 671 g/mol. The first kappa shape index (κ1) is 35.0. The van der Waals surface area contributed by atoms with Crippen LogP contribution in [-0.4, -0.2) is 66.6 Å². The number of anilines is 7. The SMILES string of the molecule is COCCOc1ccc(Nc2ncc(F)c(Nc3cccc(NC(=O)C4CCCN(CCCCC(=O)Nc5ccccc5N)C4)c3)n2)cc1. The monoisotopic (exact) mass is 670 g/mol. The van der Waals surface area contributed by atoms with Gasteiger partial charge in [-0.25, -0.2) is 9.37 Å². The molecule has 1 unspecified atom stereocenters. The van der Waals surface area contributed by atoms with Crippen LogP contribution in [0.15, 0.2) is 79.0 Å². The van der Waals surface area contributed by atoms with E-state index in [1.165, 1.54) is 0 Å². The first-order chi connectivity index (χ1) is 23.9. The number of carbonyl (C=O) groups is 2. The maximum absolute atomic E-state index is 14.7. The number of carbonyl (C=O) groups excluding carboxylic acids is 2. The van der Waals surface area contributed by atoms with Gasteiger partial charge in [0.1, 0.15) is 12.4 Å². The number of hydrogen-bond donors (Lipinski definition) is 5. The number of nitrogens with one attached hydrogen (secondary N) is 4. The molecule has 2 amide bonds. The van der Waals surface area contributed by atoms with Gasteiger partial charge in [-0.3, -0.25) is 9.59 Å². The van der Waals surface area contributed by atoms with Gasteiger partial charge >= 0.3 is 0 Å². The van der Waals surface area contributed by atoms with Crippen molar-refractivity contribution in [3.05, 3.63) is 84.8 Å². The maximum atomic E-state index is 14.7. The van der Waals surface area contributed by atoms with Gasteiger partial charge in [0.05, 0.1) is 30.1 Å². The summed E-state index contributed by atoms with van der Waals surface area (Å²) in [4.78, 5) is 36.2. The molecule has 258 valence electrons. The summed E-state index contributed by atoms with van der Waals surface area (Å²) in [6.07, 6.45) is 4.82. The molecule has 3 aromatic carbocycles. The fraction of sp³-hybridized carbons (Fsp3) is 0.333. The van der Waals surface area contributed by atoms with Crippen molar-refractivity contribution in [2.75, 3.05) is 67.0 Å². The van der Waals surface area contributed by atoms with Crippen LogP contribution in [0.4, 0.5) is 44.6 Å². The minimum Gasteiger partial charge on any atom is -0.491 e. The highest BCUT2D eigenvalue weighted by atomic mass is 19.1. The molecule has 12 nitrogen and oxygen atoms in total. The number of rotatable bonds is 16. The van der Waals surface area contributed by atoms with E-state index < -0.39 is 5.82 Å². The number of nitrogens with zero attached hydrogens (tertiary/aromatic N) is 3. The Labute approximate surface area is 285 Å². The Morgan fingerprint density at radius 2 is 1.78 bits per heavy atom. The minimum absolute atomic E-state index is 0.00917. The Hall–Kier alpha value is -5.27. The minimum atomic E-state index is -0.620. The van der Waals surface area contributed by atoms with Crippen molar-refractivity contribution in [1.29, 1.82) is 0 Å². The number of halogens is 1. The van der Waals surface area contributed by atoms with Crippen molar-refractivity contribution >= 4 is 52.0 Å². The Morgan fingerprint density at radius 1 is 0.959 bits per heavy atom. The quantitative estimate of drug-likeness (QED) is 0.0690. The molecule has 5 rings (SSSR count). The smallest absolute Gasteiger partial charge is 0.229 e. The summed E-state index contributed by atoms with van der Waals surface area (Å²) in [7, 11) is 1.61. The number of likely N-dealkylation sites (tertiary alicyclic amines) is 1. The van der Waals surface area contributed by atoms with Crippen LogP contribution in [0.3, 0.4) is 0 Å². The summed E-state index contributed by atoms with van der Waals surface area (Å²) in [6.45, 7) is 3.33. The molecule has 0 saturated carbocycles. The number of amides is 2. The molecule has 1 aliphatic heterocycles. The van der Waals surface area contributed by atoms with E-state index in [0.717, 1.165) is 45.0 Å². The Morgan fingerprint density at radius 3 is 2.59 bits per heavy atom. The summed E-state index contributed by atoms with van der Waals surface area (Å²) >= 11 is 0. The second-order valence-corrected chi connectivity index (χ2v) is 11.8. The molecule has 6 N–H and O–H groups in total. The zero-order chi connectivity index (χ0) is 34.4. The van der Waals surface area contributed by atoms with Gasteiger partial charge in [-0.1, -0.05) is 18.2 Å². The van der Waals surface area contributed by atoms with E-state index in [1.54, 1.807) is 55.6 Å². The van der Waals surface area contributed by atoms with Gasteiger partial charge in [-0.05, 0) is 93.4 Å². The maximum Gasteiger partial charge on any atom is 0.229 e. The molecule has 1 saturated heterocycles. The van der Waals surface area contributed by atoms with E-state index in [-0.39, 0.29) is 29.5 Å². The second-order valence-electron chi connectivity index (χ2n) is 11.8. The summed E-state index contributed by atoms with van der Waals surface area (Å²) in [5.41, 5.74) is 8.95. The van der Waals surface area contributed by atoms with E-state index in [2.05, 4.69) is 36.1 Å². The lowest BCUT2D eigenvalue weighted by molar-refractivity contribution is -0.121. The molecular weight excluding hydrogens is 627 g/mol. The lowest BCUT2D eigenvalue weighted by Crippen LogP contribution is -2.41. The van der Waals surface area contributed by atoms with Gasteiger partial charge < -0.3 is 41.4 Å². The van der Waals surface area contributed by atoms with Crippen molar-refractivity contribution < 1.29 is 23.5 Å². The van der Waals surface area contributed by atoms with Crippen molar-refractivity contribution in [3.8, 4) is 5.75 Å². The fourth-order valence-electron chi connectivity index (χ4n) is 5.49. The first-order valence-corrected chi connectivity index (χ1v) is 16.4. The van der Waals surface area contributed by atoms with Crippen LogP contribution in [-0.2, 0) is 14.3 Å². The largest absolute Gasteiger partial charge is 0.491 e. The number of methoxy groups -OCH3 is 1. The lowest BCUT2D eigenvalue weighted by atomic mass is 9.96. The summed E-state index contributed by atoms with van der Waals surface area (Å²) in [6, 6.07) is 21.5.